The van der Waals surface area contributed by atoms with Gasteiger partial charge >= 0.3 is 0 Å². The maximum Gasteiger partial charge on any atom is 0.257 e. The number of para-hydroxylation sites is 1. The minimum absolute atomic E-state index is 0.0376. The molecule has 5 nitrogen and oxygen atoms in total. The number of hydrogen-bond acceptors (Lipinski definition) is 2. The molecule has 1 amide bonds. The summed E-state index contributed by atoms with van der Waals surface area (Å²) in [5.74, 6) is 0.514. The lowest BCUT2D eigenvalue weighted by Gasteiger charge is -2.31. The van der Waals surface area contributed by atoms with E-state index in [0.29, 0.717) is 16.5 Å². The molecule has 4 aromatic rings. The Morgan fingerprint density at radius 1 is 1.10 bits per heavy atom. The van der Waals surface area contributed by atoms with E-state index in [2.05, 4.69) is 34.5 Å². The highest BCUT2D eigenvalue weighted by molar-refractivity contribution is 6.30. The van der Waals surface area contributed by atoms with Gasteiger partial charge in [0.15, 0.2) is 0 Å². The summed E-state index contributed by atoms with van der Waals surface area (Å²) in [5, 5.41) is 6.28. The Labute approximate surface area is 173 Å². The van der Waals surface area contributed by atoms with E-state index in [4.69, 9.17) is 11.6 Å². The van der Waals surface area contributed by atoms with Gasteiger partial charge in [0.1, 0.15) is 0 Å². The smallest absolute Gasteiger partial charge is 0.257 e. The van der Waals surface area contributed by atoms with E-state index in [1.165, 1.54) is 16.5 Å². The summed E-state index contributed by atoms with van der Waals surface area (Å²) in [4.78, 5) is 18.3. The van der Waals surface area contributed by atoms with E-state index in [9.17, 15) is 4.79 Å². The van der Waals surface area contributed by atoms with Gasteiger partial charge in [0.2, 0.25) is 0 Å². The van der Waals surface area contributed by atoms with Crippen LogP contribution >= 0.6 is 11.6 Å². The van der Waals surface area contributed by atoms with Crippen molar-refractivity contribution in [2.45, 2.75) is 18.8 Å². The number of H-pyrrole nitrogens is 1. The Morgan fingerprint density at radius 2 is 1.93 bits per heavy atom. The molecule has 0 atom stereocenters. The Bertz CT molecular complexity index is 1170. The molecule has 0 bridgehead atoms. The fraction of sp³-hybridized carbons (Fsp3) is 0.217. The Morgan fingerprint density at radius 3 is 2.76 bits per heavy atom. The summed E-state index contributed by atoms with van der Waals surface area (Å²) < 4.78 is 1.69. The van der Waals surface area contributed by atoms with Gasteiger partial charge in [-0.25, -0.2) is 4.68 Å². The predicted molar refractivity (Wildman–Crippen MR) is 115 cm³/mol. The second kappa shape index (κ2) is 7.41. The number of likely N-dealkylation sites (tertiary alicyclic amines) is 1. The van der Waals surface area contributed by atoms with Crippen LogP contribution in [0.5, 0.6) is 0 Å². The maximum atomic E-state index is 13.0. The molecule has 1 aliphatic rings. The lowest BCUT2D eigenvalue weighted by Crippen LogP contribution is -2.37. The van der Waals surface area contributed by atoms with Gasteiger partial charge in [0.25, 0.3) is 5.91 Å². The molecule has 6 heteroatoms. The number of benzene rings is 2. The van der Waals surface area contributed by atoms with Crippen molar-refractivity contribution >= 4 is 28.4 Å². The van der Waals surface area contributed by atoms with Crippen molar-refractivity contribution in [2.24, 2.45) is 0 Å². The molecule has 1 fully saturated rings. The van der Waals surface area contributed by atoms with Crippen molar-refractivity contribution in [3.05, 3.63) is 83.3 Å². The van der Waals surface area contributed by atoms with Crippen molar-refractivity contribution in [1.82, 2.24) is 19.7 Å². The molecule has 3 heterocycles. The Hall–Kier alpha value is -3.05. The van der Waals surface area contributed by atoms with Crippen LogP contribution in [0.1, 0.15) is 34.7 Å². The van der Waals surface area contributed by atoms with E-state index in [-0.39, 0.29) is 5.91 Å². The number of nitrogens with one attached hydrogen (secondary N) is 1. The van der Waals surface area contributed by atoms with Gasteiger partial charge in [-0.15, -0.1) is 0 Å². The first kappa shape index (κ1) is 18.0. The number of carbonyl (C=O) groups excluding carboxylic acids is 1. The SMILES string of the molecule is O=C(c1cnn(-c2cccc(Cl)c2)c1)N1CCC(c2c[nH]c3ccccc23)CC1. The normalized spacial score (nSPS) is 15.1. The molecule has 1 aliphatic heterocycles. The lowest BCUT2D eigenvalue weighted by atomic mass is 9.89. The fourth-order valence-electron chi connectivity index (χ4n) is 4.20. The summed E-state index contributed by atoms with van der Waals surface area (Å²) in [6, 6.07) is 15.8. The van der Waals surface area contributed by atoms with Crippen molar-refractivity contribution in [2.75, 3.05) is 13.1 Å². The number of fused-ring (bicyclic) bond motifs is 1. The minimum Gasteiger partial charge on any atom is -0.361 e. The van der Waals surface area contributed by atoms with Crippen LogP contribution in [-0.2, 0) is 0 Å². The third-order valence-electron chi connectivity index (χ3n) is 5.75. The second-order valence-electron chi connectivity index (χ2n) is 7.51. The monoisotopic (exact) mass is 404 g/mol. The number of nitrogens with zero attached hydrogens (tertiary/aromatic N) is 3. The predicted octanol–water partition coefficient (Wildman–Crippen LogP) is 5.03. The van der Waals surface area contributed by atoms with E-state index in [0.717, 1.165) is 31.6 Å². The molecule has 2 aromatic carbocycles. The van der Waals surface area contributed by atoms with Crippen LogP contribution in [0.3, 0.4) is 0 Å². The summed E-state index contributed by atoms with van der Waals surface area (Å²) in [7, 11) is 0. The average molecular weight is 405 g/mol. The van der Waals surface area contributed by atoms with Crippen LogP contribution < -0.4 is 0 Å². The van der Waals surface area contributed by atoms with Crippen LogP contribution in [0.2, 0.25) is 5.02 Å². The van der Waals surface area contributed by atoms with Gasteiger partial charge in [-0.05, 0) is 48.6 Å². The molecule has 0 unspecified atom stereocenters. The number of aromatic amines is 1. The minimum atomic E-state index is 0.0376. The molecule has 2 aromatic heterocycles. The topological polar surface area (TPSA) is 53.9 Å². The molecule has 1 saturated heterocycles. The average Bonchev–Trinajstić information content (AvgIpc) is 3.41. The van der Waals surface area contributed by atoms with Gasteiger partial charge in [-0.2, -0.15) is 5.10 Å². The highest BCUT2D eigenvalue weighted by Crippen LogP contribution is 2.33. The largest absolute Gasteiger partial charge is 0.361 e. The van der Waals surface area contributed by atoms with Crippen LogP contribution in [0.25, 0.3) is 16.6 Å². The number of halogens is 1. The maximum absolute atomic E-state index is 13.0. The third-order valence-corrected chi connectivity index (χ3v) is 5.98. The number of aromatic nitrogens is 3. The van der Waals surface area contributed by atoms with Gasteiger partial charge in [-0.3, -0.25) is 4.79 Å². The van der Waals surface area contributed by atoms with Crippen LogP contribution in [0.15, 0.2) is 67.1 Å². The molecule has 0 aliphatic carbocycles. The molecule has 146 valence electrons. The highest BCUT2D eigenvalue weighted by Gasteiger charge is 2.26. The van der Waals surface area contributed by atoms with Crippen LogP contribution in [0, 0.1) is 0 Å². The number of carbonyl (C=O) groups is 1. The van der Waals surface area contributed by atoms with Crippen molar-refractivity contribution in [1.29, 1.82) is 0 Å². The third kappa shape index (κ3) is 3.42. The molecule has 0 spiro atoms. The van der Waals surface area contributed by atoms with E-state index < -0.39 is 0 Å². The molecular weight excluding hydrogens is 384 g/mol. The zero-order valence-corrected chi connectivity index (χ0v) is 16.6. The van der Waals surface area contributed by atoms with Gasteiger partial charge in [-0.1, -0.05) is 35.9 Å². The van der Waals surface area contributed by atoms with Crippen LogP contribution in [-0.4, -0.2) is 38.7 Å². The van der Waals surface area contributed by atoms with Crippen LogP contribution in [0.4, 0.5) is 0 Å². The molecule has 29 heavy (non-hydrogen) atoms. The zero-order chi connectivity index (χ0) is 19.8. The van der Waals surface area contributed by atoms with Crippen molar-refractivity contribution in [3.8, 4) is 5.69 Å². The number of amides is 1. The number of hydrogen-bond donors (Lipinski definition) is 1. The van der Waals surface area contributed by atoms with Gasteiger partial charge in [0, 0.05) is 41.4 Å². The van der Waals surface area contributed by atoms with Gasteiger partial charge < -0.3 is 9.88 Å². The number of rotatable bonds is 3. The fourth-order valence-corrected chi connectivity index (χ4v) is 4.39. The lowest BCUT2D eigenvalue weighted by molar-refractivity contribution is 0.0713. The molecular formula is C23H21ClN4O. The molecule has 5 rings (SSSR count). The van der Waals surface area contributed by atoms with Gasteiger partial charge in [0.05, 0.1) is 17.4 Å². The quantitative estimate of drug-likeness (QED) is 0.520. The second-order valence-corrected chi connectivity index (χ2v) is 7.95. The first-order chi connectivity index (χ1) is 14.2. The van der Waals surface area contributed by atoms with E-state index >= 15 is 0 Å². The molecule has 0 saturated carbocycles. The van der Waals surface area contributed by atoms with E-state index in [1.54, 1.807) is 17.1 Å². The van der Waals surface area contributed by atoms with E-state index in [1.807, 2.05) is 35.2 Å². The Kier molecular flexibility index (Phi) is 4.60. The zero-order valence-electron chi connectivity index (χ0n) is 15.9. The molecule has 1 N–H and O–H groups in total. The standard InChI is InChI=1S/C23H21ClN4O/c24-18-4-3-5-19(12-18)28-15-17(13-26-28)23(29)27-10-8-16(9-11-27)21-14-25-22-7-2-1-6-20(21)22/h1-7,12-16,25H,8-11H2. The summed E-state index contributed by atoms with van der Waals surface area (Å²) in [6.07, 6.45) is 7.47. The first-order valence-corrected chi connectivity index (χ1v) is 10.2. The summed E-state index contributed by atoms with van der Waals surface area (Å²) >= 11 is 6.06. The Balaban J connectivity index is 1.28. The van der Waals surface area contributed by atoms with Crippen molar-refractivity contribution in [3.63, 3.8) is 0 Å². The number of piperidine rings is 1. The highest BCUT2D eigenvalue weighted by atomic mass is 35.5. The van der Waals surface area contributed by atoms with Crippen molar-refractivity contribution < 1.29 is 4.79 Å². The molecule has 0 radical (unpaired) electrons. The summed E-state index contributed by atoms with van der Waals surface area (Å²) in [6.45, 7) is 1.51. The first-order valence-electron chi connectivity index (χ1n) is 9.85. The summed E-state index contributed by atoms with van der Waals surface area (Å²) in [5.41, 5.74) is 3.99.